The van der Waals surface area contributed by atoms with Gasteiger partial charge in [0.1, 0.15) is 0 Å². The zero-order valence-electron chi connectivity index (χ0n) is 8.31. The van der Waals surface area contributed by atoms with Gasteiger partial charge in [-0.15, -0.1) is 11.3 Å². The van der Waals surface area contributed by atoms with Crippen molar-refractivity contribution in [3.63, 3.8) is 0 Å². The Morgan fingerprint density at radius 1 is 1.71 bits per heavy atom. The maximum absolute atomic E-state index is 5.86. The van der Waals surface area contributed by atoms with Crippen LogP contribution in [-0.4, -0.2) is 23.9 Å². The van der Waals surface area contributed by atoms with Gasteiger partial charge in [-0.05, 0) is 24.3 Å². The summed E-state index contributed by atoms with van der Waals surface area (Å²) >= 11 is 1.77. The first-order valence-electron chi connectivity index (χ1n) is 4.82. The molecule has 2 N–H and O–H groups in total. The molecule has 0 saturated heterocycles. The highest BCUT2D eigenvalue weighted by Gasteiger charge is 2.30. The van der Waals surface area contributed by atoms with E-state index >= 15 is 0 Å². The Balaban J connectivity index is 2.04. The minimum Gasteiger partial charge on any atom is -0.370 e. The zero-order valence-corrected chi connectivity index (χ0v) is 9.13. The van der Waals surface area contributed by atoms with Gasteiger partial charge in [-0.1, -0.05) is 6.07 Å². The third kappa shape index (κ3) is 2.07. The number of hydrogen-bond donors (Lipinski definition) is 1. The Morgan fingerprint density at radius 2 is 2.50 bits per heavy atom. The highest BCUT2D eigenvalue weighted by atomic mass is 32.1. The van der Waals surface area contributed by atoms with Crippen LogP contribution in [-0.2, 0) is 6.54 Å². The van der Waals surface area contributed by atoms with Gasteiger partial charge in [0, 0.05) is 18.0 Å². The number of hydrogen-bond acceptors (Lipinski definition) is 2. The summed E-state index contributed by atoms with van der Waals surface area (Å²) < 4.78 is 0. The van der Waals surface area contributed by atoms with E-state index in [1.54, 1.807) is 18.4 Å². The van der Waals surface area contributed by atoms with Gasteiger partial charge in [-0.3, -0.25) is 4.99 Å². The van der Waals surface area contributed by atoms with Gasteiger partial charge >= 0.3 is 0 Å². The van der Waals surface area contributed by atoms with Crippen LogP contribution in [0.3, 0.4) is 0 Å². The molecule has 0 bridgehead atoms. The molecule has 14 heavy (non-hydrogen) atoms. The molecule has 4 heteroatoms. The van der Waals surface area contributed by atoms with Crippen molar-refractivity contribution >= 4 is 17.3 Å². The van der Waals surface area contributed by atoms with E-state index in [0.29, 0.717) is 12.0 Å². The second-order valence-electron chi connectivity index (χ2n) is 3.52. The highest BCUT2D eigenvalue weighted by molar-refractivity contribution is 7.09. The van der Waals surface area contributed by atoms with Crippen LogP contribution in [0.4, 0.5) is 0 Å². The highest BCUT2D eigenvalue weighted by Crippen LogP contribution is 2.28. The molecular formula is C10H15N3S. The smallest absolute Gasteiger partial charge is 0.191 e. The van der Waals surface area contributed by atoms with Crippen LogP contribution in [0.2, 0.25) is 0 Å². The maximum atomic E-state index is 5.86. The summed E-state index contributed by atoms with van der Waals surface area (Å²) in [7, 11) is 1.75. The molecule has 1 fully saturated rings. The lowest BCUT2D eigenvalue weighted by Crippen LogP contribution is -2.38. The number of guanidine groups is 1. The van der Waals surface area contributed by atoms with Crippen LogP contribution >= 0.6 is 11.3 Å². The first kappa shape index (κ1) is 9.52. The Bertz CT molecular complexity index is 314. The monoisotopic (exact) mass is 209 g/mol. The number of aliphatic imine (C=N–C) groups is 1. The van der Waals surface area contributed by atoms with Crippen molar-refractivity contribution in [3.05, 3.63) is 22.4 Å². The number of thiophene rings is 1. The van der Waals surface area contributed by atoms with E-state index in [-0.39, 0.29) is 0 Å². The van der Waals surface area contributed by atoms with Crippen LogP contribution in [0.1, 0.15) is 17.7 Å². The Kier molecular flexibility index (Phi) is 2.72. The molecule has 1 aromatic heterocycles. The maximum Gasteiger partial charge on any atom is 0.191 e. The van der Waals surface area contributed by atoms with Crippen LogP contribution in [0.25, 0.3) is 0 Å². The second-order valence-corrected chi connectivity index (χ2v) is 4.55. The van der Waals surface area contributed by atoms with Gasteiger partial charge in [-0.2, -0.15) is 0 Å². The standard InChI is InChI=1S/C10H15N3S/c1-12-10(11)13(8-4-5-8)7-9-3-2-6-14-9/h2-3,6,8H,4-5,7H2,1H3,(H2,11,12). The largest absolute Gasteiger partial charge is 0.370 e. The predicted octanol–water partition coefficient (Wildman–Crippen LogP) is 1.66. The molecule has 1 heterocycles. The average Bonchev–Trinajstić information content (AvgIpc) is 2.92. The first-order valence-corrected chi connectivity index (χ1v) is 5.70. The molecule has 0 radical (unpaired) electrons. The quantitative estimate of drug-likeness (QED) is 0.607. The molecule has 0 unspecified atom stereocenters. The number of nitrogens with zero attached hydrogens (tertiary/aromatic N) is 2. The summed E-state index contributed by atoms with van der Waals surface area (Å²) in [6.07, 6.45) is 2.50. The minimum atomic E-state index is 0.626. The Labute approximate surface area is 88.3 Å². The lowest BCUT2D eigenvalue weighted by molar-refractivity contribution is 0.401. The van der Waals surface area contributed by atoms with Crippen LogP contribution in [0.15, 0.2) is 22.5 Å². The molecule has 0 aliphatic heterocycles. The summed E-state index contributed by atoms with van der Waals surface area (Å²) in [5.74, 6) is 0.668. The van der Waals surface area contributed by atoms with E-state index in [2.05, 4.69) is 27.4 Å². The Morgan fingerprint density at radius 3 is 3.00 bits per heavy atom. The van der Waals surface area contributed by atoms with Crippen LogP contribution in [0, 0.1) is 0 Å². The normalized spacial score (nSPS) is 17.1. The molecule has 1 aromatic rings. The van der Waals surface area contributed by atoms with E-state index in [4.69, 9.17) is 5.73 Å². The minimum absolute atomic E-state index is 0.626. The van der Waals surface area contributed by atoms with E-state index in [1.165, 1.54) is 17.7 Å². The number of nitrogens with two attached hydrogens (primary N) is 1. The van der Waals surface area contributed by atoms with Crippen molar-refractivity contribution in [2.75, 3.05) is 7.05 Å². The third-order valence-corrected chi connectivity index (χ3v) is 3.28. The summed E-state index contributed by atoms with van der Waals surface area (Å²) in [6, 6.07) is 4.84. The fraction of sp³-hybridized carbons (Fsp3) is 0.500. The molecule has 0 aromatic carbocycles. The van der Waals surface area contributed by atoms with Crippen molar-refractivity contribution in [1.29, 1.82) is 0 Å². The summed E-state index contributed by atoms with van der Waals surface area (Å²) in [5.41, 5.74) is 5.86. The van der Waals surface area contributed by atoms with Crippen LogP contribution in [0.5, 0.6) is 0 Å². The van der Waals surface area contributed by atoms with Crippen molar-refractivity contribution in [2.24, 2.45) is 10.7 Å². The second kappa shape index (κ2) is 4.00. The number of rotatable bonds is 3. The van der Waals surface area contributed by atoms with Gasteiger partial charge in [0.2, 0.25) is 0 Å². The van der Waals surface area contributed by atoms with Gasteiger partial charge in [-0.25, -0.2) is 0 Å². The molecule has 3 nitrogen and oxygen atoms in total. The average molecular weight is 209 g/mol. The topological polar surface area (TPSA) is 41.6 Å². The van der Waals surface area contributed by atoms with Gasteiger partial charge in [0.15, 0.2) is 5.96 Å². The molecule has 1 aliphatic carbocycles. The molecule has 0 atom stereocenters. The van der Waals surface area contributed by atoms with Crippen molar-refractivity contribution < 1.29 is 0 Å². The van der Waals surface area contributed by atoms with Gasteiger partial charge < -0.3 is 10.6 Å². The summed E-state index contributed by atoms with van der Waals surface area (Å²) in [5, 5.41) is 2.10. The predicted molar refractivity (Wildman–Crippen MR) is 60.4 cm³/mol. The van der Waals surface area contributed by atoms with E-state index in [9.17, 15) is 0 Å². The van der Waals surface area contributed by atoms with Crippen molar-refractivity contribution in [3.8, 4) is 0 Å². The molecule has 1 saturated carbocycles. The molecule has 1 aliphatic rings. The Hall–Kier alpha value is -1.03. The lowest BCUT2D eigenvalue weighted by atomic mass is 10.4. The molecule has 76 valence electrons. The van der Waals surface area contributed by atoms with E-state index in [1.807, 2.05) is 0 Å². The third-order valence-electron chi connectivity index (χ3n) is 2.42. The van der Waals surface area contributed by atoms with Crippen molar-refractivity contribution in [2.45, 2.75) is 25.4 Å². The molecule has 0 amide bonds. The molecule has 2 rings (SSSR count). The lowest BCUT2D eigenvalue weighted by Gasteiger charge is -2.22. The SMILES string of the molecule is CN=C(N)N(Cc1cccs1)C1CC1. The van der Waals surface area contributed by atoms with Crippen molar-refractivity contribution in [1.82, 2.24) is 4.90 Å². The zero-order chi connectivity index (χ0) is 9.97. The summed E-state index contributed by atoms with van der Waals surface area (Å²) in [6.45, 7) is 0.908. The van der Waals surface area contributed by atoms with E-state index in [0.717, 1.165) is 6.54 Å². The van der Waals surface area contributed by atoms with Gasteiger partial charge in [0.25, 0.3) is 0 Å². The molecule has 0 spiro atoms. The molecular weight excluding hydrogens is 194 g/mol. The van der Waals surface area contributed by atoms with Crippen LogP contribution < -0.4 is 5.73 Å². The fourth-order valence-electron chi connectivity index (χ4n) is 1.48. The summed E-state index contributed by atoms with van der Waals surface area (Å²) in [4.78, 5) is 7.61. The van der Waals surface area contributed by atoms with Gasteiger partial charge in [0.05, 0.1) is 6.54 Å². The van der Waals surface area contributed by atoms with E-state index < -0.39 is 0 Å². The first-order chi connectivity index (χ1) is 6.81. The fourth-order valence-corrected chi connectivity index (χ4v) is 2.18.